The molecule has 0 radical (unpaired) electrons. The quantitative estimate of drug-likeness (QED) is 0.721. The Morgan fingerprint density at radius 1 is 1.17 bits per heavy atom. The minimum Gasteiger partial charge on any atom is -0.478 e. The van der Waals surface area contributed by atoms with Crippen molar-refractivity contribution in [3.8, 4) is 0 Å². The van der Waals surface area contributed by atoms with E-state index in [9.17, 15) is 14.4 Å². The lowest BCUT2D eigenvalue weighted by Crippen LogP contribution is -2.09. The third-order valence-corrected chi connectivity index (χ3v) is 2.16. The predicted molar refractivity (Wildman–Crippen MR) is 63.8 cm³/mol. The van der Waals surface area contributed by atoms with E-state index in [-0.39, 0.29) is 16.3 Å². The van der Waals surface area contributed by atoms with Crippen LogP contribution in [0.4, 0.5) is 5.69 Å². The third-order valence-electron chi connectivity index (χ3n) is 1.84. The van der Waals surface area contributed by atoms with Crippen molar-refractivity contribution in [1.29, 1.82) is 0 Å². The van der Waals surface area contributed by atoms with Crippen LogP contribution in [-0.2, 0) is 9.59 Å². The SMILES string of the molecule is O=C(O)/C=C\C(=O)Nc1ccc(C(=O)O)c(Cl)c1. The average molecular weight is 270 g/mol. The molecule has 1 aromatic carbocycles. The van der Waals surface area contributed by atoms with Crippen molar-refractivity contribution in [1.82, 2.24) is 0 Å². The molecule has 1 rings (SSSR count). The van der Waals surface area contributed by atoms with Gasteiger partial charge < -0.3 is 15.5 Å². The Kier molecular flexibility index (Phi) is 4.45. The van der Waals surface area contributed by atoms with Crippen molar-refractivity contribution < 1.29 is 24.6 Å². The predicted octanol–water partition coefficient (Wildman–Crippen LogP) is 1.62. The Bertz CT molecular complexity index is 538. The minimum absolute atomic E-state index is 0.0254. The standard InChI is InChI=1S/C11H8ClNO5/c12-8-5-6(1-2-7(8)11(17)18)13-9(14)3-4-10(15)16/h1-5H,(H,13,14)(H,15,16)(H,17,18)/b4-3-. The van der Waals surface area contributed by atoms with Gasteiger partial charge in [-0.15, -0.1) is 0 Å². The van der Waals surface area contributed by atoms with Gasteiger partial charge in [0.2, 0.25) is 5.91 Å². The van der Waals surface area contributed by atoms with E-state index in [1.54, 1.807) is 0 Å². The first-order chi connectivity index (χ1) is 8.40. The number of rotatable bonds is 4. The number of amides is 1. The number of benzene rings is 1. The van der Waals surface area contributed by atoms with E-state index < -0.39 is 17.8 Å². The van der Waals surface area contributed by atoms with E-state index in [4.69, 9.17) is 21.8 Å². The number of carbonyl (C=O) groups excluding carboxylic acids is 1. The molecule has 18 heavy (non-hydrogen) atoms. The molecule has 0 unspecified atom stereocenters. The molecule has 0 aliphatic heterocycles. The Morgan fingerprint density at radius 3 is 2.33 bits per heavy atom. The summed E-state index contributed by atoms with van der Waals surface area (Å²) in [7, 11) is 0. The fourth-order valence-electron chi connectivity index (χ4n) is 1.10. The van der Waals surface area contributed by atoms with Gasteiger partial charge in [0.15, 0.2) is 0 Å². The molecular formula is C11H8ClNO5. The lowest BCUT2D eigenvalue weighted by molar-refractivity contribution is -0.131. The molecule has 3 N–H and O–H groups in total. The second-order valence-corrected chi connectivity index (χ2v) is 3.57. The average Bonchev–Trinajstić information content (AvgIpc) is 2.26. The molecule has 0 heterocycles. The summed E-state index contributed by atoms with van der Waals surface area (Å²) in [6, 6.07) is 3.85. The molecule has 0 fully saturated rings. The number of carboxylic acids is 2. The molecule has 94 valence electrons. The maximum Gasteiger partial charge on any atom is 0.337 e. The Labute approximate surface area is 106 Å². The van der Waals surface area contributed by atoms with Crippen LogP contribution >= 0.6 is 11.6 Å². The van der Waals surface area contributed by atoms with Gasteiger partial charge in [0.25, 0.3) is 0 Å². The number of hydrogen-bond acceptors (Lipinski definition) is 3. The molecule has 0 aliphatic rings. The van der Waals surface area contributed by atoms with Crippen LogP contribution < -0.4 is 5.32 Å². The van der Waals surface area contributed by atoms with Crippen LogP contribution in [0.5, 0.6) is 0 Å². The van der Waals surface area contributed by atoms with Crippen LogP contribution in [0.25, 0.3) is 0 Å². The van der Waals surface area contributed by atoms with Crippen molar-refractivity contribution in [2.75, 3.05) is 5.32 Å². The number of aliphatic carboxylic acids is 1. The summed E-state index contributed by atoms with van der Waals surface area (Å²) in [6.45, 7) is 0. The Balaban J connectivity index is 2.81. The Morgan fingerprint density at radius 2 is 1.83 bits per heavy atom. The zero-order valence-electron chi connectivity index (χ0n) is 8.88. The highest BCUT2D eigenvalue weighted by Gasteiger charge is 2.09. The number of anilines is 1. The van der Waals surface area contributed by atoms with E-state index in [2.05, 4.69) is 5.32 Å². The first kappa shape index (κ1) is 13.7. The van der Waals surface area contributed by atoms with Crippen LogP contribution in [0.1, 0.15) is 10.4 Å². The largest absolute Gasteiger partial charge is 0.478 e. The van der Waals surface area contributed by atoms with Gasteiger partial charge in [0.1, 0.15) is 0 Å². The summed E-state index contributed by atoms with van der Waals surface area (Å²) in [4.78, 5) is 32.1. The maximum atomic E-state index is 11.2. The number of aromatic carboxylic acids is 1. The molecule has 0 spiro atoms. The van der Waals surface area contributed by atoms with Gasteiger partial charge in [-0.1, -0.05) is 11.6 Å². The highest BCUT2D eigenvalue weighted by atomic mass is 35.5. The van der Waals surface area contributed by atoms with E-state index in [0.29, 0.717) is 6.08 Å². The monoisotopic (exact) mass is 269 g/mol. The lowest BCUT2D eigenvalue weighted by Gasteiger charge is -2.04. The van der Waals surface area contributed by atoms with E-state index >= 15 is 0 Å². The maximum absolute atomic E-state index is 11.2. The second kappa shape index (κ2) is 5.83. The van der Waals surface area contributed by atoms with Crippen molar-refractivity contribution >= 4 is 35.1 Å². The van der Waals surface area contributed by atoms with Crippen LogP contribution in [0, 0.1) is 0 Å². The van der Waals surface area contributed by atoms with Crippen molar-refractivity contribution in [3.05, 3.63) is 40.9 Å². The molecule has 0 aromatic heterocycles. The molecule has 6 nitrogen and oxygen atoms in total. The fraction of sp³-hybridized carbons (Fsp3) is 0. The van der Waals surface area contributed by atoms with Gasteiger partial charge in [-0.25, -0.2) is 9.59 Å². The lowest BCUT2D eigenvalue weighted by atomic mass is 10.2. The number of hydrogen-bond donors (Lipinski definition) is 3. The number of carbonyl (C=O) groups is 3. The summed E-state index contributed by atoms with van der Waals surface area (Å²) >= 11 is 5.69. The van der Waals surface area contributed by atoms with Crippen LogP contribution in [0.2, 0.25) is 5.02 Å². The normalized spacial score (nSPS) is 10.3. The number of halogens is 1. The van der Waals surface area contributed by atoms with E-state index in [1.807, 2.05) is 0 Å². The molecule has 0 saturated heterocycles. The van der Waals surface area contributed by atoms with Gasteiger partial charge in [0.05, 0.1) is 10.6 Å². The fourth-order valence-corrected chi connectivity index (χ4v) is 1.36. The highest BCUT2D eigenvalue weighted by molar-refractivity contribution is 6.33. The summed E-state index contributed by atoms with van der Waals surface area (Å²) < 4.78 is 0. The summed E-state index contributed by atoms with van der Waals surface area (Å²) in [5.74, 6) is -3.08. The van der Waals surface area contributed by atoms with Gasteiger partial charge in [-0.2, -0.15) is 0 Å². The number of nitrogens with one attached hydrogen (secondary N) is 1. The molecule has 1 aromatic rings. The van der Waals surface area contributed by atoms with Crippen LogP contribution in [-0.4, -0.2) is 28.1 Å². The van der Waals surface area contributed by atoms with Crippen LogP contribution in [0.15, 0.2) is 30.4 Å². The zero-order valence-corrected chi connectivity index (χ0v) is 9.64. The van der Waals surface area contributed by atoms with Gasteiger partial charge in [-0.3, -0.25) is 4.79 Å². The minimum atomic E-state index is -1.25. The van der Waals surface area contributed by atoms with Gasteiger partial charge in [-0.05, 0) is 18.2 Å². The molecule has 7 heteroatoms. The molecule has 0 bridgehead atoms. The molecule has 0 atom stereocenters. The smallest absolute Gasteiger partial charge is 0.337 e. The second-order valence-electron chi connectivity index (χ2n) is 3.16. The molecule has 0 saturated carbocycles. The summed E-state index contributed by atoms with van der Waals surface area (Å²) in [5.41, 5.74) is 0.181. The number of carboxylic acid groups (broad SMARTS) is 2. The summed E-state index contributed by atoms with van der Waals surface area (Å²) in [5, 5.41) is 19.4. The zero-order chi connectivity index (χ0) is 13.7. The van der Waals surface area contributed by atoms with Gasteiger partial charge in [0, 0.05) is 17.8 Å². The van der Waals surface area contributed by atoms with Crippen molar-refractivity contribution in [2.45, 2.75) is 0 Å². The van der Waals surface area contributed by atoms with Crippen LogP contribution in [0.3, 0.4) is 0 Å². The first-order valence-electron chi connectivity index (χ1n) is 4.65. The van der Waals surface area contributed by atoms with Gasteiger partial charge >= 0.3 is 11.9 Å². The first-order valence-corrected chi connectivity index (χ1v) is 5.03. The molecule has 0 aliphatic carbocycles. The van der Waals surface area contributed by atoms with Crippen molar-refractivity contribution in [3.63, 3.8) is 0 Å². The third kappa shape index (κ3) is 3.91. The molecule has 1 amide bonds. The topological polar surface area (TPSA) is 104 Å². The Hall–Kier alpha value is -2.34. The van der Waals surface area contributed by atoms with E-state index in [1.165, 1.54) is 18.2 Å². The van der Waals surface area contributed by atoms with E-state index in [0.717, 1.165) is 6.08 Å². The van der Waals surface area contributed by atoms with Crippen molar-refractivity contribution in [2.24, 2.45) is 0 Å². The highest BCUT2D eigenvalue weighted by Crippen LogP contribution is 2.20. The molecular weight excluding hydrogens is 262 g/mol. The summed E-state index contributed by atoms with van der Waals surface area (Å²) in [6.07, 6.45) is 1.52.